The molecule has 1 aromatic rings. The molecule has 0 saturated carbocycles. The van der Waals surface area contributed by atoms with Crippen LogP contribution in [0.5, 0.6) is 0 Å². The van der Waals surface area contributed by atoms with Crippen molar-refractivity contribution in [3.8, 4) is 0 Å². The standard InChI is InChI=1S/C14H24N2O4S/c1-5-8-16-10-11(9-12(16)13(17)18)21(19,20)15-7-6-14(2,3)4/h9-10,15H,5-8H2,1-4H3,(H,17,18). The summed E-state index contributed by atoms with van der Waals surface area (Å²) in [4.78, 5) is 11.1. The molecule has 0 amide bonds. The van der Waals surface area contributed by atoms with Crippen LogP contribution in [-0.2, 0) is 16.6 Å². The number of sulfonamides is 1. The van der Waals surface area contributed by atoms with Crippen molar-refractivity contribution in [3.63, 3.8) is 0 Å². The number of nitrogens with one attached hydrogen (secondary N) is 1. The molecule has 21 heavy (non-hydrogen) atoms. The van der Waals surface area contributed by atoms with Crippen LogP contribution in [0.4, 0.5) is 0 Å². The highest BCUT2D eigenvalue weighted by atomic mass is 32.2. The fourth-order valence-corrected chi connectivity index (χ4v) is 2.95. The van der Waals surface area contributed by atoms with E-state index in [1.54, 1.807) is 0 Å². The Kier molecular flexibility index (Phi) is 5.58. The van der Waals surface area contributed by atoms with Crippen molar-refractivity contribution in [3.05, 3.63) is 18.0 Å². The van der Waals surface area contributed by atoms with Gasteiger partial charge < -0.3 is 9.67 Å². The van der Waals surface area contributed by atoms with Crippen LogP contribution in [0.1, 0.15) is 51.0 Å². The predicted molar refractivity (Wildman–Crippen MR) is 80.9 cm³/mol. The van der Waals surface area contributed by atoms with Gasteiger partial charge in [-0.25, -0.2) is 17.9 Å². The lowest BCUT2D eigenvalue weighted by Crippen LogP contribution is -2.27. The van der Waals surface area contributed by atoms with E-state index in [0.29, 0.717) is 19.5 Å². The average Bonchev–Trinajstić information content (AvgIpc) is 2.72. The van der Waals surface area contributed by atoms with Crippen molar-refractivity contribution in [2.45, 2.75) is 52.0 Å². The summed E-state index contributed by atoms with van der Waals surface area (Å²) in [6, 6.07) is 1.21. The number of aryl methyl sites for hydroxylation is 1. The van der Waals surface area contributed by atoms with Crippen LogP contribution in [0.3, 0.4) is 0 Å². The first kappa shape index (κ1) is 17.7. The number of hydrogen-bond acceptors (Lipinski definition) is 3. The predicted octanol–water partition coefficient (Wildman–Crippen LogP) is 2.31. The summed E-state index contributed by atoms with van der Waals surface area (Å²) in [6.07, 6.45) is 2.81. The second-order valence-corrected chi connectivity index (χ2v) is 8.03. The normalized spacial score (nSPS) is 12.6. The van der Waals surface area contributed by atoms with Crippen molar-refractivity contribution in [1.82, 2.24) is 9.29 Å². The first-order valence-electron chi connectivity index (χ1n) is 7.00. The van der Waals surface area contributed by atoms with Gasteiger partial charge in [-0.05, 0) is 24.3 Å². The van der Waals surface area contributed by atoms with E-state index in [1.165, 1.54) is 16.8 Å². The van der Waals surface area contributed by atoms with Crippen molar-refractivity contribution >= 4 is 16.0 Å². The lowest BCUT2D eigenvalue weighted by molar-refractivity contribution is 0.0685. The van der Waals surface area contributed by atoms with Crippen LogP contribution < -0.4 is 4.72 Å². The molecule has 0 radical (unpaired) electrons. The van der Waals surface area contributed by atoms with E-state index in [9.17, 15) is 13.2 Å². The Hall–Kier alpha value is -1.34. The van der Waals surface area contributed by atoms with E-state index in [1.807, 2.05) is 27.7 Å². The van der Waals surface area contributed by atoms with E-state index < -0.39 is 16.0 Å². The molecule has 6 nitrogen and oxygen atoms in total. The van der Waals surface area contributed by atoms with Gasteiger partial charge in [0.2, 0.25) is 10.0 Å². The maximum absolute atomic E-state index is 12.2. The molecule has 0 aliphatic rings. The number of carboxylic acid groups (broad SMARTS) is 1. The SMILES string of the molecule is CCCn1cc(S(=O)(=O)NCCC(C)(C)C)cc1C(=O)O. The average molecular weight is 316 g/mol. The molecule has 0 saturated heterocycles. The zero-order valence-electron chi connectivity index (χ0n) is 13.0. The second-order valence-electron chi connectivity index (χ2n) is 6.27. The number of rotatable bonds is 7. The molecule has 0 spiro atoms. The van der Waals surface area contributed by atoms with Gasteiger partial charge in [-0.1, -0.05) is 27.7 Å². The zero-order chi connectivity index (χ0) is 16.3. The van der Waals surface area contributed by atoms with Crippen molar-refractivity contribution in [2.75, 3.05) is 6.54 Å². The lowest BCUT2D eigenvalue weighted by Gasteiger charge is -2.17. The molecule has 0 bridgehead atoms. The number of hydrogen-bond donors (Lipinski definition) is 2. The Morgan fingerprint density at radius 1 is 1.38 bits per heavy atom. The summed E-state index contributed by atoms with van der Waals surface area (Å²) in [5.74, 6) is -1.13. The highest BCUT2D eigenvalue weighted by molar-refractivity contribution is 7.89. The van der Waals surface area contributed by atoms with E-state index in [2.05, 4.69) is 4.72 Å². The van der Waals surface area contributed by atoms with Crippen molar-refractivity contribution in [1.29, 1.82) is 0 Å². The molecule has 0 atom stereocenters. The largest absolute Gasteiger partial charge is 0.477 e. The molecule has 1 aromatic heterocycles. The van der Waals surface area contributed by atoms with Crippen molar-refractivity contribution < 1.29 is 18.3 Å². The monoisotopic (exact) mass is 316 g/mol. The Labute approximate surface area is 126 Å². The highest BCUT2D eigenvalue weighted by Crippen LogP contribution is 2.19. The number of carbonyl (C=O) groups is 1. The fourth-order valence-electron chi connectivity index (χ4n) is 1.88. The molecule has 120 valence electrons. The highest BCUT2D eigenvalue weighted by Gasteiger charge is 2.21. The third kappa shape index (κ3) is 5.17. The van der Waals surface area contributed by atoms with Crippen LogP contribution in [0, 0.1) is 5.41 Å². The summed E-state index contributed by atoms with van der Waals surface area (Å²) in [5.41, 5.74) is 0.0242. The zero-order valence-corrected chi connectivity index (χ0v) is 13.8. The Bertz CT molecular complexity index is 597. The lowest BCUT2D eigenvalue weighted by atomic mass is 9.93. The summed E-state index contributed by atoms with van der Waals surface area (Å²) in [6.45, 7) is 8.79. The van der Waals surface area contributed by atoms with Gasteiger partial charge in [0, 0.05) is 19.3 Å². The quantitative estimate of drug-likeness (QED) is 0.808. The van der Waals surface area contributed by atoms with Gasteiger partial charge in [0.1, 0.15) is 10.6 Å². The number of nitrogens with zero attached hydrogens (tertiary/aromatic N) is 1. The van der Waals surface area contributed by atoms with E-state index in [-0.39, 0.29) is 16.0 Å². The number of aromatic carboxylic acids is 1. The van der Waals surface area contributed by atoms with E-state index in [4.69, 9.17) is 5.11 Å². The van der Waals surface area contributed by atoms with Crippen molar-refractivity contribution in [2.24, 2.45) is 5.41 Å². The van der Waals surface area contributed by atoms with Crippen LogP contribution in [-0.4, -0.2) is 30.6 Å². The molecule has 0 aromatic carbocycles. The van der Waals surface area contributed by atoms with E-state index >= 15 is 0 Å². The molecule has 7 heteroatoms. The van der Waals surface area contributed by atoms with E-state index in [0.717, 1.165) is 6.42 Å². The number of carboxylic acids is 1. The number of aromatic nitrogens is 1. The van der Waals surface area contributed by atoms with Gasteiger partial charge in [-0.3, -0.25) is 0 Å². The minimum atomic E-state index is -3.67. The summed E-state index contributed by atoms with van der Waals surface area (Å²) >= 11 is 0. The molecule has 1 heterocycles. The molecule has 0 fully saturated rings. The summed E-state index contributed by atoms with van der Waals surface area (Å²) < 4.78 is 28.4. The third-order valence-electron chi connectivity index (χ3n) is 3.03. The summed E-state index contributed by atoms with van der Waals surface area (Å²) in [7, 11) is -3.67. The molecule has 1 rings (SSSR count). The van der Waals surface area contributed by atoms with Gasteiger partial charge >= 0.3 is 5.97 Å². The van der Waals surface area contributed by atoms with Gasteiger partial charge in [0.15, 0.2) is 0 Å². The minimum Gasteiger partial charge on any atom is -0.477 e. The molecule has 0 aliphatic heterocycles. The maximum atomic E-state index is 12.2. The van der Waals surface area contributed by atoms with Crippen LogP contribution >= 0.6 is 0 Å². The fraction of sp³-hybridized carbons (Fsp3) is 0.643. The second kappa shape index (κ2) is 6.62. The van der Waals surface area contributed by atoms with Gasteiger partial charge in [0.25, 0.3) is 0 Å². The van der Waals surface area contributed by atoms with Crippen LogP contribution in [0.15, 0.2) is 17.2 Å². The first-order chi connectivity index (χ1) is 9.57. The Balaban J connectivity index is 2.93. The Morgan fingerprint density at radius 3 is 2.48 bits per heavy atom. The van der Waals surface area contributed by atoms with Crippen LogP contribution in [0.2, 0.25) is 0 Å². The smallest absolute Gasteiger partial charge is 0.352 e. The minimum absolute atomic E-state index is 0.00209. The third-order valence-corrected chi connectivity index (χ3v) is 4.46. The summed E-state index contributed by atoms with van der Waals surface area (Å²) in [5, 5.41) is 9.12. The molecular weight excluding hydrogens is 292 g/mol. The molecule has 2 N–H and O–H groups in total. The first-order valence-corrected chi connectivity index (χ1v) is 8.48. The Morgan fingerprint density at radius 2 is 2.00 bits per heavy atom. The molecule has 0 aliphatic carbocycles. The van der Waals surface area contributed by atoms with Gasteiger partial charge in [0.05, 0.1) is 0 Å². The van der Waals surface area contributed by atoms with Crippen LogP contribution in [0.25, 0.3) is 0 Å². The molecular formula is C14H24N2O4S. The van der Waals surface area contributed by atoms with Gasteiger partial charge in [-0.2, -0.15) is 0 Å². The maximum Gasteiger partial charge on any atom is 0.352 e. The van der Waals surface area contributed by atoms with Gasteiger partial charge in [-0.15, -0.1) is 0 Å². The topological polar surface area (TPSA) is 88.4 Å². The molecule has 0 unspecified atom stereocenters.